The molecule has 1 aliphatic rings. The van der Waals surface area contributed by atoms with Gasteiger partial charge in [-0.25, -0.2) is 14.6 Å². The molecule has 2 aromatic rings. The van der Waals surface area contributed by atoms with Gasteiger partial charge in [-0.3, -0.25) is 10.2 Å². The van der Waals surface area contributed by atoms with Crippen LogP contribution in [0, 0.1) is 5.82 Å². The molecule has 0 aromatic heterocycles. The second-order valence-electron chi connectivity index (χ2n) is 5.06. The van der Waals surface area contributed by atoms with Crippen LogP contribution in [0.25, 0.3) is 0 Å². The zero-order valence-electron chi connectivity index (χ0n) is 11.5. The Hall–Kier alpha value is -2.73. The Morgan fingerprint density at radius 1 is 1.23 bits per heavy atom. The standard InChI is InChI=1S/C16H13FN2O3/c17-13-6-5-9(7-12(13)16(21)22)8-14-10-3-1-2-4-11(10)15(20)19-18-14/h1-7,14,18H,8H2,(H,19,20)(H,21,22). The number of hydrazine groups is 1. The maximum absolute atomic E-state index is 13.4. The highest BCUT2D eigenvalue weighted by Gasteiger charge is 2.25. The third kappa shape index (κ3) is 2.56. The molecule has 1 atom stereocenters. The first-order chi connectivity index (χ1) is 10.6. The lowest BCUT2D eigenvalue weighted by atomic mass is 9.93. The molecule has 0 bridgehead atoms. The van der Waals surface area contributed by atoms with E-state index in [4.69, 9.17) is 5.11 Å². The number of amides is 1. The van der Waals surface area contributed by atoms with E-state index in [0.717, 1.165) is 11.6 Å². The van der Waals surface area contributed by atoms with Crippen LogP contribution in [0.2, 0.25) is 0 Å². The normalized spacial score (nSPS) is 16.8. The highest BCUT2D eigenvalue weighted by atomic mass is 19.1. The van der Waals surface area contributed by atoms with E-state index in [1.165, 1.54) is 6.07 Å². The largest absolute Gasteiger partial charge is 0.478 e. The van der Waals surface area contributed by atoms with Gasteiger partial charge >= 0.3 is 5.97 Å². The fraction of sp³-hybridized carbons (Fsp3) is 0.125. The number of rotatable bonds is 3. The summed E-state index contributed by atoms with van der Waals surface area (Å²) in [5.41, 5.74) is 7.19. The summed E-state index contributed by atoms with van der Waals surface area (Å²) in [6.45, 7) is 0. The summed E-state index contributed by atoms with van der Waals surface area (Å²) in [7, 11) is 0. The van der Waals surface area contributed by atoms with E-state index >= 15 is 0 Å². The van der Waals surface area contributed by atoms with Crippen molar-refractivity contribution in [3.63, 3.8) is 0 Å². The van der Waals surface area contributed by atoms with Crippen LogP contribution in [0.15, 0.2) is 42.5 Å². The molecular formula is C16H13FN2O3. The fourth-order valence-corrected chi connectivity index (χ4v) is 2.57. The molecule has 0 spiro atoms. The molecule has 0 saturated heterocycles. The van der Waals surface area contributed by atoms with Crippen molar-refractivity contribution in [3.05, 3.63) is 70.5 Å². The summed E-state index contributed by atoms with van der Waals surface area (Å²) in [5, 5.41) is 8.98. The van der Waals surface area contributed by atoms with Crippen molar-refractivity contribution in [1.29, 1.82) is 0 Å². The molecule has 22 heavy (non-hydrogen) atoms. The molecule has 0 radical (unpaired) electrons. The van der Waals surface area contributed by atoms with E-state index in [1.54, 1.807) is 18.2 Å². The number of aromatic carboxylic acids is 1. The van der Waals surface area contributed by atoms with Crippen LogP contribution in [-0.2, 0) is 6.42 Å². The number of carboxylic acids is 1. The minimum absolute atomic E-state index is 0.207. The van der Waals surface area contributed by atoms with Crippen molar-refractivity contribution in [1.82, 2.24) is 10.9 Å². The summed E-state index contributed by atoms with van der Waals surface area (Å²) in [6, 6.07) is 11.0. The van der Waals surface area contributed by atoms with Crippen LogP contribution in [0.1, 0.15) is 37.9 Å². The monoisotopic (exact) mass is 300 g/mol. The number of nitrogens with one attached hydrogen (secondary N) is 2. The molecule has 1 heterocycles. The molecule has 3 rings (SSSR count). The van der Waals surface area contributed by atoms with Gasteiger partial charge in [-0.2, -0.15) is 0 Å². The van der Waals surface area contributed by atoms with Gasteiger partial charge < -0.3 is 5.11 Å². The SMILES string of the molecule is O=C(O)c1cc(CC2NNC(=O)c3ccccc32)ccc1F. The van der Waals surface area contributed by atoms with E-state index in [2.05, 4.69) is 10.9 Å². The smallest absolute Gasteiger partial charge is 0.338 e. The van der Waals surface area contributed by atoms with Crippen molar-refractivity contribution >= 4 is 11.9 Å². The van der Waals surface area contributed by atoms with E-state index in [9.17, 15) is 14.0 Å². The van der Waals surface area contributed by atoms with E-state index in [1.807, 2.05) is 12.1 Å². The Labute approximate surface area is 125 Å². The zero-order valence-corrected chi connectivity index (χ0v) is 11.5. The minimum atomic E-state index is -1.30. The number of benzene rings is 2. The fourth-order valence-electron chi connectivity index (χ4n) is 2.57. The number of halogens is 1. The molecule has 2 aromatic carbocycles. The van der Waals surface area contributed by atoms with Crippen LogP contribution >= 0.6 is 0 Å². The summed E-state index contributed by atoms with van der Waals surface area (Å²) in [4.78, 5) is 22.8. The van der Waals surface area contributed by atoms with E-state index in [0.29, 0.717) is 17.5 Å². The average Bonchev–Trinajstić information content (AvgIpc) is 2.52. The van der Waals surface area contributed by atoms with Gasteiger partial charge in [0.05, 0.1) is 11.6 Å². The van der Waals surface area contributed by atoms with E-state index in [-0.39, 0.29) is 17.5 Å². The highest BCUT2D eigenvalue weighted by Crippen LogP contribution is 2.25. The first kappa shape index (κ1) is 14.2. The number of carbonyl (C=O) groups is 2. The van der Waals surface area contributed by atoms with Gasteiger partial charge in [-0.1, -0.05) is 24.3 Å². The van der Waals surface area contributed by atoms with Crippen molar-refractivity contribution in [2.24, 2.45) is 0 Å². The lowest BCUT2D eigenvalue weighted by Crippen LogP contribution is -2.46. The second-order valence-corrected chi connectivity index (χ2v) is 5.06. The van der Waals surface area contributed by atoms with E-state index < -0.39 is 11.8 Å². The maximum Gasteiger partial charge on any atom is 0.338 e. The molecule has 3 N–H and O–H groups in total. The van der Waals surface area contributed by atoms with Gasteiger partial charge in [0.2, 0.25) is 0 Å². The maximum atomic E-state index is 13.4. The predicted molar refractivity (Wildman–Crippen MR) is 76.8 cm³/mol. The van der Waals surface area contributed by atoms with Crippen molar-refractivity contribution in [2.75, 3.05) is 0 Å². The van der Waals surface area contributed by atoms with Crippen molar-refractivity contribution in [3.8, 4) is 0 Å². The van der Waals surface area contributed by atoms with Crippen molar-refractivity contribution < 1.29 is 19.1 Å². The summed E-state index contributed by atoms with van der Waals surface area (Å²) in [6.07, 6.45) is 0.428. The molecule has 1 aliphatic heterocycles. The topological polar surface area (TPSA) is 78.4 Å². The molecule has 1 unspecified atom stereocenters. The van der Waals surface area contributed by atoms with Crippen LogP contribution in [0.3, 0.4) is 0 Å². The number of carboxylic acid groups (broad SMARTS) is 1. The molecule has 0 saturated carbocycles. The molecule has 0 fully saturated rings. The van der Waals surface area contributed by atoms with Crippen LogP contribution in [0.5, 0.6) is 0 Å². The molecule has 6 heteroatoms. The number of fused-ring (bicyclic) bond motifs is 1. The number of carbonyl (C=O) groups excluding carboxylic acids is 1. The van der Waals surface area contributed by atoms with Gasteiger partial charge in [-0.05, 0) is 35.7 Å². The Balaban J connectivity index is 1.91. The average molecular weight is 300 g/mol. The van der Waals surface area contributed by atoms with Crippen LogP contribution in [-0.4, -0.2) is 17.0 Å². The van der Waals surface area contributed by atoms with Gasteiger partial charge in [-0.15, -0.1) is 0 Å². The Bertz CT molecular complexity index is 761. The third-order valence-electron chi connectivity index (χ3n) is 3.64. The van der Waals surface area contributed by atoms with Gasteiger partial charge in [0.25, 0.3) is 5.91 Å². The van der Waals surface area contributed by atoms with Crippen LogP contribution in [0.4, 0.5) is 4.39 Å². The molecule has 1 amide bonds. The van der Waals surface area contributed by atoms with Gasteiger partial charge in [0, 0.05) is 5.56 Å². The highest BCUT2D eigenvalue weighted by molar-refractivity contribution is 5.96. The number of hydrogen-bond donors (Lipinski definition) is 3. The molecule has 0 aliphatic carbocycles. The third-order valence-corrected chi connectivity index (χ3v) is 3.64. The Morgan fingerprint density at radius 2 is 2.00 bits per heavy atom. The predicted octanol–water partition coefficient (Wildman–Crippen LogP) is 2.06. The van der Waals surface area contributed by atoms with Gasteiger partial charge in [0.1, 0.15) is 5.82 Å². The quantitative estimate of drug-likeness (QED) is 0.810. The lowest BCUT2D eigenvalue weighted by Gasteiger charge is -2.27. The minimum Gasteiger partial charge on any atom is -0.478 e. The summed E-state index contributed by atoms with van der Waals surface area (Å²) < 4.78 is 13.4. The summed E-state index contributed by atoms with van der Waals surface area (Å²) >= 11 is 0. The van der Waals surface area contributed by atoms with Gasteiger partial charge in [0.15, 0.2) is 0 Å². The first-order valence-electron chi connectivity index (χ1n) is 6.73. The lowest BCUT2D eigenvalue weighted by molar-refractivity contribution is 0.0691. The first-order valence-corrected chi connectivity index (χ1v) is 6.73. The molecular weight excluding hydrogens is 287 g/mol. The second kappa shape index (κ2) is 5.57. The zero-order chi connectivity index (χ0) is 15.7. The molecule has 5 nitrogen and oxygen atoms in total. The Morgan fingerprint density at radius 3 is 2.77 bits per heavy atom. The molecule has 112 valence electrons. The van der Waals surface area contributed by atoms with Crippen LogP contribution < -0.4 is 10.9 Å². The summed E-state index contributed by atoms with van der Waals surface area (Å²) in [5.74, 6) is -2.27. The number of hydrogen-bond acceptors (Lipinski definition) is 3. The Kier molecular flexibility index (Phi) is 3.60. The van der Waals surface area contributed by atoms with Crippen molar-refractivity contribution in [2.45, 2.75) is 12.5 Å².